The van der Waals surface area contributed by atoms with Gasteiger partial charge in [-0.3, -0.25) is 0 Å². The molecule has 0 aliphatic rings. The molecular weight excluding hydrogens is 902 g/mol. The Bertz CT molecular complexity index is 2070. The molecule has 0 saturated heterocycles. The minimum Gasteiger partial charge on any atom is -1.00 e. The van der Waals surface area contributed by atoms with E-state index in [0.29, 0.717) is 0 Å². The predicted octanol–water partition coefficient (Wildman–Crippen LogP) is 9.43. The van der Waals surface area contributed by atoms with Crippen molar-refractivity contribution in [3.05, 3.63) is 164 Å². The average molecular weight is 966 g/mol. The van der Waals surface area contributed by atoms with Gasteiger partial charge in [0.2, 0.25) is 0 Å². The normalized spacial score (nSPS) is 10.0. The van der Waals surface area contributed by atoms with Gasteiger partial charge in [0.05, 0.1) is 0 Å². The maximum absolute atomic E-state index is 2.26. The van der Waals surface area contributed by atoms with Crippen LogP contribution < -0.4 is 24.8 Å². The summed E-state index contributed by atoms with van der Waals surface area (Å²) >= 11 is 3.11. The number of halogens is 2. The quantitative estimate of drug-likeness (QED) is 0.133. The van der Waals surface area contributed by atoms with Crippen LogP contribution in [0.25, 0.3) is 43.1 Å². The van der Waals surface area contributed by atoms with Gasteiger partial charge in [-0.05, 0) is 27.7 Å². The molecule has 0 fully saturated rings. The number of hydrogen-bond acceptors (Lipinski definition) is 0. The molecular formula is C54H64Cl2Zr2-2. The van der Waals surface area contributed by atoms with Crippen LogP contribution in [-0.2, 0) is 48.5 Å². The summed E-state index contributed by atoms with van der Waals surface area (Å²) in [4.78, 5) is 0. The van der Waals surface area contributed by atoms with E-state index in [9.17, 15) is 0 Å². The van der Waals surface area contributed by atoms with Crippen molar-refractivity contribution < 1.29 is 73.3 Å². The van der Waals surface area contributed by atoms with E-state index < -0.39 is 0 Å². The van der Waals surface area contributed by atoms with Gasteiger partial charge in [-0.2, -0.15) is 24.3 Å². The summed E-state index contributed by atoms with van der Waals surface area (Å²) in [5.74, 6) is 0. The van der Waals surface area contributed by atoms with Gasteiger partial charge in [0.25, 0.3) is 0 Å². The van der Waals surface area contributed by atoms with Crippen LogP contribution >= 0.6 is 0 Å². The van der Waals surface area contributed by atoms with Crippen LogP contribution in [0.5, 0.6) is 0 Å². The Kier molecular flexibility index (Phi) is 22.7. The first-order chi connectivity index (χ1) is 26.2. The molecule has 0 radical (unpaired) electrons. The summed E-state index contributed by atoms with van der Waals surface area (Å²) in [5, 5.41) is 11.3. The van der Waals surface area contributed by atoms with E-state index in [-0.39, 0.29) is 24.8 Å². The molecule has 0 aromatic heterocycles. The molecule has 8 aromatic rings. The zero-order valence-corrected chi connectivity index (χ0v) is 44.4. The van der Waals surface area contributed by atoms with Gasteiger partial charge in [-0.15, -0.1) is 136 Å². The van der Waals surface area contributed by atoms with Crippen molar-refractivity contribution in [3.8, 4) is 0 Å². The Labute approximate surface area is 393 Å². The van der Waals surface area contributed by atoms with Crippen molar-refractivity contribution >= 4 is 49.5 Å². The van der Waals surface area contributed by atoms with E-state index in [1.165, 1.54) is 116 Å². The predicted molar refractivity (Wildman–Crippen MR) is 248 cm³/mol. The molecule has 58 heavy (non-hydrogen) atoms. The van der Waals surface area contributed by atoms with Crippen molar-refractivity contribution in [2.45, 2.75) is 111 Å². The summed E-state index contributed by atoms with van der Waals surface area (Å²) < 4.78 is 3.01. The molecule has 4 heteroatoms. The fourth-order valence-corrected chi connectivity index (χ4v) is 6.94. The van der Waals surface area contributed by atoms with Crippen LogP contribution in [-0.4, -0.2) is 6.41 Å². The van der Waals surface area contributed by atoms with E-state index in [2.05, 4.69) is 208 Å². The number of rotatable bonds is 0. The van der Waals surface area contributed by atoms with E-state index in [1.807, 2.05) is 0 Å². The minimum absolute atomic E-state index is 0. The molecule has 304 valence electrons. The number of fused-ring (bicyclic) bond motifs is 4. The van der Waals surface area contributed by atoms with E-state index >= 15 is 0 Å². The molecule has 0 aliphatic carbocycles. The molecule has 8 aromatic carbocycles. The van der Waals surface area contributed by atoms with Crippen molar-refractivity contribution in [1.29, 1.82) is 0 Å². The maximum atomic E-state index is 2.26. The molecule has 0 N–H and O–H groups in total. The van der Waals surface area contributed by atoms with E-state index in [0.717, 1.165) is 0 Å². The number of benzene rings is 4. The van der Waals surface area contributed by atoms with Crippen molar-refractivity contribution in [2.24, 2.45) is 0 Å². The van der Waals surface area contributed by atoms with Crippen molar-refractivity contribution in [3.63, 3.8) is 0 Å². The minimum atomic E-state index is 0. The molecule has 0 nitrogen and oxygen atoms in total. The van der Waals surface area contributed by atoms with Crippen LogP contribution in [0, 0.1) is 83.1 Å². The first kappa shape index (κ1) is 53.4. The monoisotopic (exact) mass is 962 g/mol. The van der Waals surface area contributed by atoms with Crippen LogP contribution in [0.2, 0.25) is 0 Å². The van der Waals surface area contributed by atoms with Gasteiger partial charge in [0.15, 0.2) is 0 Å². The zero-order chi connectivity index (χ0) is 42.0. The van der Waals surface area contributed by atoms with Crippen molar-refractivity contribution in [1.82, 2.24) is 0 Å². The summed E-state index contributed by atoms with van der Waals surface area (Å²) in [6, 6.07) is 35.6. The molecule has 0 atom stereocenters. The average Bonchev–Trinajstić information content (AvgIpc) is 3.91. The second-order valence-corrected chi connectivity index (χ2v) is 21.2. The largest absolute Gasteiger partial charge is 1.00 e. The maximum Gasteiger partial charge on any atom is -0.0488 e. The molecule has 0 spiro atoms. The Morgan fingerprint density at radius 2 is 0.448 bits per heavy atom. The Balaban J connectivity index is 0.000000360. The third-order valence-corrected chi connectivity index (χ3v) is 9.87. The van der Waals surface area contributed by atoms with Gasteiger partial charge >= 0.3 is 82.6 Å². The molecule has 0 aliphatic heterocycles. The van der Waals surface area contributed by atoms with Gasteiger partial charge in [0.1, 0.15) is 0 Å². The molecule has 0 amide bonds. The SMILES string of the molecule is C[C](C)=[Zr+2].C[C](C)=[Zr+2].Cc1cc2c(C)ccc(C)c2[cH-]1.Cc1cc2c(C)ccc(C)c2[cH-]1.Cc1cc2c(C)ccc(C)c2[cH-]1.Cc1cc2c(C)ccc(C)c2[cH-]1.[Cl-].[Cl-]. The van der Waals surface area contributed by atoms with Crippen LogP contribution in [0.1, 0.15) is 94.5 Å². The topological polar surface area (TPSA) is 0 Å². The van der Waals surface area contributed by atoms with Crippen LogP contribution in [0.15, 0.2) is 97.1 Å². The third kappa shape index (κ3) is 15.5. The Morgan fingerprint density at radius 1 is 0.310 bits per heavy atom. The van der Waals surface area contributed by atoms with Crippen LogP contribution in [0.3, 0.4) is 0 Å². The first-order valence-corrected chi connectivity index (χ1v) is 22.2. The molecule has 0 unspecified atom stereocenters. The Morgan fingerprint density at radius 3 is 0.586 bits per heavy atom. The zero-order valence-electron chi connectivity index (χ0n) is 38.0. The smallest absolute Gasteiger partial charge is 0.0488 e. The molecule has 8 rings (SSSR count). The van der Waals surface area contributed by atoms with Crippen LogP contribution in [0.4, 0.5) is 0 Å². The fraction of sp³-hybridized carbons (Fsp3) is 0.296. The third-order valence-electron chi connectivity index (χ3n) is 9.87. The molecule has 0 bridgehead atoms. The summed E-state index contributed by atoms with van der Waals surface area (Å²) in [5.41, 5.74) is 16.5. The summed E-state index contributed by atoms with van der Waals surface area (Å²) in [6.07, 6.45) is 0. The summed E-state index contributed by atoms with van der Waals surface area (Å²) in [7, 11) is 0. The first-order valence-electron chi connectivity index (χ1n) is 19.8. The standard InChI is InChI=1S/4C12H13.2C3H6.2ClH.2Zr/c4*1-8-6-11-9(2)4-5-10(3)12(11)7-8;2*1-3-2;;;;/h4*4-7H,1-3H3;2*1-2H3;2*1H;;/q4*-1;;;;;2*+2/p-2. The summed E-state index contributed by atoms with van der Waals surface area (Å²) in [6.45, 7) is 34.4. The van der Waals surface area contributed by atoms with Gasteiger partial charge < -0.3 is 24.8 Å². The number of aryl methyl sites for hydroxylation is 12. The Hall–Kier alpha value is -2.59. The van der Waals surface area contributed by atoms with Gasteiger partial charge in [-0.1, -0.05) is 102 Å². The van der Waals surface area contributed by atoms with E-state index in [4.69, 9.17) is 0 Å². The second kappa shape index (κ2) is 24.6. The van der Waals surface area contributed by atoms with Gasteiger partial charge in [0, 0.05) is 0 Å². The molecule has 0 saturated carbocycles. The fourth-order valence-electron chi connectivity index (χ4n) is 6.94. The van der Waals surface area contributed by atoms with E-state index in [1.54, 1.807) is 48.5 Å². The van der Waals surface area contributed by atoms with Gasteiger partial charge in [-0.25, -0.2) is 0 Å². The molecule has 0 heterocycles. The second-order valence-electron chi connectivity index (χ2n) is 16.2. The van der Waals surface area contributed by atoms with Crippen molar-refractivity contribution in [2.75, 3.05) is 0 Å². The number of hydrogen-bond donors (Lipinski definition) is 0.